The van der Waals surface area contributed by atoms with E-state index in [2.05, 4.69) is 22.4 Å². The molecule has 0 spiro atoms. The molecular weight excluding hydrogens is 322 g/mol. The van der Waals surface area contributed by atoms with Gasteiger partial charge in [0.25, 0.3) is 11.4 Å². The van der Waals surface area contributed by atoms with Crippen molar-refractivity contribution in [3.05, 3.63) is 62.7 Å². The first-order chi connectivity index (χ1) is 10.9. The van der Waals surface area contributed by atoms with Gasteiger partial charge in [0, 0.05) is 12.1 Å². The van der Waals surface area contributed by atoms with Crippen LogP contribution in [0.5, 0.6) is 0 Å². The van der Waals surface area contributed by atoms with E-state index >= 15 is 0 Å². The summed E-state index contributed by atoms with van der Waals surface area (Å²) in [5.41, 5.74) is 11.1. The molecule has 0 aliphatic carbocycles. The molecule has 4 N–H and O–H groups in total. The average molecular weight is 333 g/mol. The lowest BCUT2D eigenvalue weighted by molar-refractivity contribution is -0.384. The van der Waals surface area contributed by atoms with Crippen molar-refractivity contribution in [2.24, 2.45) is 4.99 Å². The van der Waals surface area contributed by atoms with Gasteiger partial charge >= 0.3 is 0 Å². The number of nitro benzene ring substituents is 2. The van der Waals surface area contributed by atoms with Gasteiger partial charge in [-0.2, -0.15) is 4.99 Å². The van der Waals surface area contributed by atoms with Crippen molar-refractivity contribution in [1.82, 2.24) is 0 Å². The molecule has 0 heterocycles. The Morgan fingerprint density at radius 3 is 2.00 bits per heavy atom. The van der Waals surface area contributed by atoms with E-state index in [1.165, 1.54) is 30.3 Å². The summed E-state index contributed by atoms with van der Waals surface area (Å²) in [4.78, 5) is 23.1. The third kappa shape index (κ3) is 5.16. The SMILES string of the molecule is Nc1ccc(N=C=S)cc1[N+](=O)[O-].Nc1ccccc1[N+](=O)[O-]. The Balaban J connectivity index is 0.000000238. The van der Waals surface area contributed by atoms with Crippen LogP contribution in [0, 0.1) is 20.2 Å². The summed E-state index contributed by atoms with van der Waals surface area (Å²) in [5.74, 6) is 0. The number of aliphatic imine (C=N–C) groups is 1. The monoisotopic (exact) mass is 333 g/mol. The summed E-state index contributed by atoms with van der Waals surface area (Å²) < 4.78 is 0. The molecule has 0 aromatic heterocycles. The highest BCUT2D eigenvalue weighted by atomic mass is 32.1. The topological polar surface area (TPSA) is 151 Å². The highest BCUT2D eigenvalue weighted by Crippen LogP contribution is 2.26. The van der Waals surface area contributed by atoms with Crippen LogP contribution in [0.3, 0.4) is 0 Å². The molecule has 0 unspecified atom stereocenters. The molecule has 0 aliphatic rings. The van der Waals surface area contributed by atoms with Crippen molar-refractivity contribution in [1.29, 1.82) is 0 Å². The molecule has 118 valence electrons. The highest BCUT2D eigenvalue weighted by molar-refractivity contribution is 7.78. The second-order valence-electron chi connectivity index (χ2n) is 4.02. The highest BCUT2D eigenvalue weighted by Gasteiger charge is 2.11. The van der Waals surface area contributed by atoms with E-state index in [0.717, 1.165) is 0 Å². The smallest absolute Gasteiger partial charge is 0.294 e. The van der Waals surface area contributed by atoms with Gasteiger partial charge in [0.15, 0.2) is 0 Å². The first-order valence-corrected chi connectivity index (χ1v) is 6.38. The van der Waals surface area contributed by atoms with Gasteiger partial charge in [-0.15, -0.1) is 0 Å². The van der Waals surface area contributed by atoms with Gasteiger partial charge in [-0.25, -0.2) is 0 Å². The van der Waals surface area contributed by atoms with Crippen LogP contribution in [0.15, 0.2) is 47.5 Å². The molecule has 0 atom stereocenters. The maximum atomic E-state index is 10.4. The molecule has 2 aromatic rings. The fourth-order valence-corrected chi connectivity index (χ4v) is 1.57. The van der Waals surface area contributed by atoms with Gasteiger partial charge < -0.3 is 11.5 Å². The Hall–Kier alpha value is -3.36. The number of nitro groups is 2. The lowest BCUT2D eigenvalue weighted by Crippen LogP contribution is -1.94. The number of nitrogens with zero attached hydrogens (tertiary/aromatic N) is 3. The van der Waals surface area contributed by atoms with Gasteiger partial charge in [0.2, 0.25) is 0 Å². The zero-order chi connectivity index (χ0) is 17.4. The standard InChI is InChI=1S/C7H5N3O2S.C6H6N2O2/c8-6-2-1-5(9-4-13)3-7(6)10(11)12;7-5-3-1-2-4-6(5)8(9)10/h1-3H,8H2;1-4H,7H2. The molecule has 0 amide bonds. The number of isothiocyanates is 1. The molecule has 2 rings (SSSR count). The van der Waals surface area contributed by atoms with Crippen LogP contribution in [0.2, 0.25) is 0 Å². The molecule has 0 radical (unpaired) electrons. The first kappa shape index (κ1) is 17.7. The number of para-hydroxylation sites is 2. The summed E-state index contributed by atoms with van der Waals surface area (Å²) in [6.45, 7) is 0. The van der Waals surface area contributed by atoms with Crippen LogP contribution in [-0.2, 0) is 0 Å². The molecule has 0 aliphatic heterocycles. The number of anilines is 2. The van der Waals surface area contributed by atoms with Gasteiger partial charge in [-0.3, -0.25) is 20.2 Å². The Morgan fingerprint density at radius 2 is 1.52 bits per heavy atom. The van der Waals surface area contributed by atoms with Crippen LogP contribution < -0.4 is 11.5 Å². The molecule has 10 heteroatoms. The Kier molecular flexibility index (Phi) is 6.29. The van der Waals surface area contributed by atoms with Crippen molar-refractivity contribution in [3.8, 4) is 0 Å². The normalized spacial score (nSPS) is 9.04. The van der Waals surface area contributed by atoms with E-state index < -0.39 is 9.85 Å². The van der Waals surface area contributed by atoms with E-state index in [1.807, 2.05) is 0 Å². The fraction of sp³-hybridized carbons (Fsp3) is 0. The fourth-order valence-electron chi connectivity index (χ4n) is 1.47. The largest absolute Gasteiger partial charge is 0.393 e. The zero-order valence-corrected chi connectivity index (χ0v) is 12.4. The summed E-state index contributed by atoms with van der Waals surface area (Å²) in [6.07, 6.45) is 0. The maximum absolute atomic E-state index is 10.4. The number of nitrogen functional groups attached to an aromatic ring is 2. The first-order valence-electron chi connectivity index (χ1n) is 5.97. The lowest BCUT2D eigenvalue weighted by Gasteiger charge is -1.96. The second kappa shape index (κ2) is 8.17. The van der Waals surface area contributed by atoms with Crippen LogP contribution >= 0.6 is 12.2 Å². The molecule has 0 fully saturated rings. The third-order valence-electron chi connectivity index (χ3n) is 2.52. The van der Waals surface area contributed by atoms with Crippen molar-refractivity contribution in [3.63, 3.8) is 0 Å². The lowest BCUT2D eigenvalue weighted by atomic mass is 10.2. The maximum Gasteiger partial charge on any atom is 0.294 e. The Bertz CT molecular complexity index is 790. The number of hydrogen-bond donors (Lipinski definition) is 2. The molecule has 0 bridgehead atoms. The van der Waals surface area contributed by atoms with Crippen LogP contribution in [0.4, 0.5) is 28.4 Å². The molecule has 23 heavy (non-hydrogen) atoms. The van der Waals surface area contributed by atoms with E-state index in [-0.39, 0.29) is 22.7 Å². The minimum Gasteiger partial charge on any atom is -0.393 e. The van der Waals surface area contributed by atoms with Gasteiger partial charge in [-0.1, -0.05) is 12.1 Å². The zero-order valence-electron chi connectivity index (χ0n) is 11.6. The summed E-state index contributed by atoms with van der Waals surface area (Å²) >= 11 is 4.36. The minimum atomic E-state index is -0.572. The summed E-state index contributed by atoms with van der Waals surface area (Å²) in [6, 6.07) is 10.3. The van der Waals surface area contributed by atoms with Crippen LogP contribution in [0.1, 0.15) is 0 Å². The number of hydrogen-bond acceptors (Lipinski definition) is 8. The molecule has 2 aromatic carbocycles. The quantitative estimate of drug-likeness (QED) is 0.288. The van der Waals surface area contributed by atoms with Crippen molar-refractivity contribution in [2.45, 2.75) is 0 Å². The summed E-state index contributed by atoms with van der Waals surface area (Å²) in [7, 11) is 0. The van der Waals surface area contributed by atoms with Crippen LogP contribution in [0.25, 0.3) is 0 Å². The van der Waals surface area contributed by atoms with E-state index in [9.17, 15) is 20.2 Å². The molecular formula is C13H11N5O4S. The number of nitrogens with two attached hydrogens (primary N) is 2. The third-order valence-corrected chi connectivity index (χ3v) is 2.61. The average Bonchev–Trinajstić information content (AvgIpc) is 2.50. The van der Waals surface area contributed by atoms with Gasteiger partial charge in [0.1, 0.15) is 11.4 Å². The Labute approximate surface area is 135 Å². The molecule has 0 saturated heterocycles. The van der Waals surface area contributed by atoms with Gasteiger partial charge in [0.05, 0.1) is 20.7 Å². The predicted molar refractivity (Wildman–Crippen MR) is 89.7 cm³/mol. The van der Waals surface area contributed by atoms with E-state index in [1.54, 1.807) is 12.1 Å². The second-order valence-corrected chi connectivity index (χ2v) is 4.20. The minimum absolute atomic E-state index is 0.0394. The number of benzene rings is 2. The summed E-state index contributed by atoms with van der Waals surface area (Å²) in [5, 5.41) is 22.7. The van der Waals surface area contributed by atoms with E-state index in [4.69, 9.17) is 11.5 Å². The number of rotatable bonds is 3. The van der Waals surface area contributed by atoms with Crippen molar-refractivity contribution < 1.29 is 9.85 Å². The predicted octanol–water partition coefficient (Wildman–Crippen LogP) is 3.09. The van der Waals surface area contributed by atoms with Crippen molar-refractivity contribution in [2.75, 3.05) is 11.5 Å². The van der Waals surface area contributed by atoms with Crippen LogP contribution in [-0.4, -0.2) is 15.0 Å². The molecule has 9 nitrogen and oxygen atoms in total. The van der Waals surface area contributed by atoms with Crippen molar-refractivity contribution >= 4 is 45.8 Å². The van der Waals surface area contributed by atoms with Gasteiger partial charge in [-0.05, 0) is 30.4 Å². The molecule has 0 saturated carbocycles. The Morgan fingerprint density at radius 1 is 0.957 bits per heavy atom. The number of thiocarbonyl (C=S) groups is 1. The van der Waals surface area contributed by atoms with E-state index in [0.29, 0.717) is 5.69 Å².